The van der Waals surface area contributed by atoms with Gasteiger partial charge in [-0.3, -0.25) is 4.79 Å². The zero-order valence-electron chi connectivity index (χ0n) is 11.2. The molecule has 1 atom stereocenters. The minimum atomic E-state index is -7.04. The fraction of sp³-hybridized carbons (Fsp3) is 0.909. The van der Waals surface area contributed by atoms with E-state index >= 15 is 0 Å². The molecule has 22 heavy (non-hydrogen) atoms. The fourth-order valence-corrected chi connectivity index (χ4v) is 2.08. The number of hydrogen-bond donors (Lipinski definition) is 0. The lowest BCUT2D eigenvalue weighted by molar-refractivity contribution is -0.389. The van der Waals surface area contributed by atoms with Crippen LogP contribution in [0, 0.1) is 5.92 Å². The van der Waals surface area contributed by atoms with Crippen LogP contribution in [0.2, 0.25) is 0 Å². The van der Waals surface area contributed by atoms with Gasteiger partial charge >= 0.3 is 23.9 Å². The minimum Gasteiger partial charge on any atom is -0.337 e. The van der Waals surface area contributed by atoms with Crippen molar-refractivity contribution in [2.45, 2.75) is 43.7 Å². The summed E-state index contributed by atoms with van der Waals surface area (Å²) >= 11 is 0. The number of carbonyl (C=O) groups is 1. The van der Waals surface area contributed by atoms with Crippen LogP contribution in [0.1, 0.15) is 19.8 Å². The Hall–Kier alpha value is -1.16. The van der Waals surface area contributed by atoms with Gasteiger partial charge in [-0.15, -0.1) is 0 Å². The first kappa shape index (κ1) is 18.9. The summed E-state index contributed by atoms with van der Waals surface area (Å²) < 4.78 is 114. The molecule has 1 fully saturated rings. The van der Waals surface area contributed by atoms with E-state index in [9.17, 15) is 44.3 Å². The summed E-state index contributed by atoms with van der Waals surface area (Å²) in [6.45, 7) is 0.675. The van der Waals surface area contributed by atoms with Gasteiger partial charge in [-0.05, 0) is 18.8 Å². The Morgan fingerprint density at radius 2 is 1.45 bits per heavy atom. The number of hydrogen-bond acceptors (Lipinski definition) is 1. The van der Waals surface area contributed by atoms with E-state index in [2.05, 4.69) is 0 Å². The molecule has 1 amide bonds. The summed E-state index contributed by atoms with van der Waals surface area (Å²) in [6.07, 6.45) is -6.27. The first-order chi connectivity index (χ1) is 9.66. The molecule has 0 spiro atoms. The van der Waals surface area contributed by atoms with E-state index in [1.165, 1.54) is 6.92 Å². The molecule has 130 valence electrons. The van der Waals surface area contributed by atoms with Crippen LogP contribution >= 0.6 is 0 Å². The molecular formula is C11H12F9NO. The molecule has 0 aliphatic carbocycles. The van der Waals surface area contributed by atoms with Crippen LogP contribution in [0.4, 0.5) is 39.5 Å². The van der Waals surface area contributed by atoms with Crippen LogP contribution in [-0.4, -0.2) is 47.8 Å². The van der Waals surface area contributed by atoms with Crippen molar-refractivity contribution in [2.75, 3.05) is 13.1 Å². The summed E-state index contributed by atoms with van der Waals surface area (Å²) in [6, 6.07) is 0. The van der Waals surface area contributed by atoms with Gasteiger partial charge in [-0.25, -0.2) is 0 Å². The number of likely N-dealkylation sites (tertiary alicyclic amines) is 1. The van der Waals surface area contributed by atoms with Crippen molar-refractivity contribution in [2.24, 2.45) is 5.92 Å². The van der Waals surface area contributed by atoms with Gasteiger partial charge in [0.2, 0.25) is 0 Å². The Morgan fingerprint density at radius 3 is 1.86 bits per heavy atom. The largest absolute Gasteiger partial charge is 0.460 e. The quantitative estimate of drug-likeness (QED) is 0.714. The van der Waals surface area contributed by atoms with E-state index in [1.54, 1.807) is 0 Å². The highest BCUT2D eigenvalue weighted by Crippen LogP contribution is 2.53. The van der Waals surface area contributed by atoms with Gasteiger partial charge in [0.05, 0.1) is 0 Å². The van der Waals surface area contributed by atoms with Gasteiger partial charge in [-0.2, -0.15) is 39.5 Å². The highest BCUT2D eigenvalue weighted by molar-refractivity contribution is 5.85. The average molecular weight is 345 g/mol. The molecule has 1 aliphatic heterocycles. The van der Waals surface area contributed by atoms with Crippen molar-refractivity contribution < 1.29 is 44.3 Å². The van der Waals surface area contributed by atoms with E-state index in [0.29, 0.717) is 6.42 Å². The predicted octanol–water partition coefficient (Wildman–Crippen LogP) is 3.71. The molecule has 2 nitrogen and oxygen atoms in total. The molecule has 1 unspecified atom stereocenters. The van der Waals surface area contributed by atoms with E-state index < -0.39 is 42.9 Å². The predicted molar refractivity (Wildman–Crippen MR) is 55.9 cm³/mol. The Labute approximate surface area is 119 Å². The standard InChI is InChI=1S/C11H12F9NO/c1-6-3-2-4-21(5-6)7(22)8(12,13)9(14,15)10(16,17)11(18,19)20/h6H,2-5H2,1H3. The van der Waals surface area contributed by atoms with Crippen LogP contribution in [0.5, 0.6) is 0 Å². The average Bonchev–Trinajstić information content (AvgIpc) is 2.35. The smallest absolute Gasteiger partial charge is 0.337 e. The minimum absolute atomic E-state index is 0.157. The normalized spacial score (nSPS) is 21.9. The van der Waals surface area contributed by atoms with Gasteiger partial charge in [-0.1, -0.05) is 6.92 Å². The van der Waals surface area contributed by atoms with Crippen molar-refractivity contribution in [3.05, 3.63) is 0 Å². The Morgan fingerprint density at radius 1 is 0.955 bits per heavy atom. The lowest BCUT2D eigenvalue weighted by Crippen LogP contribution is -2.66. The molecule has 1 rings (SSSR count). The molecule has 0 N–H and O–H groups in total. The van der Waals surface area contributed by atoms with Gasteiger partial charge < -0.3 is 4.90 Å². The Balaban J connectivity index is 3.12. The molecule has 0 aromatic carbocycles. The zero-order valence-corrected chi connectivity index (χ0v) is 11.2. The summed E-state index contributed by atoms with van der Waals surface area (Å²) in [4.78, 5) is 11.6. The third kappa shape index (κ3) is 2.85. The van der Waals surface area contributed by atoms with Gasteiger partial charge in [0.15, 0.2) is 0 Å². The van der Waals surface area contributed by atoms with Gasteiger partial charge in [0.1, 0.15) is 0 Å². The number of piperidine rings is 1. The number of rotatable bonds is 3. The SMILES string of the molecule is CC1CCCN(C(=O)C(F)(F)C(F)(F)C(F)(F)C(F)(F)F)C1. The molecule has 0 aromatic heterocycles. The molecule has 0 aromatic rings. The van der Waals surface area contributed by atoms with Gasteiger partial charge in [0, 0.05) is 13.1 Å². The van der Waals surface area contributed by atoms with Crippen LogP contribution in [-0.2, 0) is 4.79 Å². The highest BCUT2D eigenvalue weighted by Gasteiger charge is 2.84. The van der Waals surface area contributed by atoms with E-state index in [4.69, 9.17) is 0 Å². The maximum atomic E-state index is 13.4. The van der Waals surface area contributed by atoms with Crippen molar-refractivity contribution in [1.29, 1.82) is 0 Å². The second-order valence-corrected chi connectivity index (χ2v) is 5.22. The van der Waals surface area contributed by atoms with Crippen LogP contribution in [0.15, 0.2) is 0 Å². The highest BCUT2D eigenvalue weighted by atomic mass is 19.4. The lowest BCUT2D eigenvalue weighted by atomic mass is 9.97. The van der Waals surface area contributed by atoms with Crippen molar-refractivity contribution in [3.63, 3.8) is 0 Å². The van der Waals surface area contributed by atoms with Crippen molar-refractivity contribution >= 4 is 5.91 Å². The number of alkyl halides is 9. The molecule has 1 heterocycles. The summed E-state index contributed by atoms with van der Waals surface area (Å²) in [5, 5.41) is 0. The van der Waals surface area contributed by atoms with Crippen molar-refractivity contribution in [1.82, 2.24) is 4.90 Å². The molecule has 1 aliphatic rings. The number of halogens is 9. The summed E-state index contributed by atoms with van der Waals surface area (Å²) in [7, 11) is 0. The second-order valence-electron chi connectivity index (χ2n) is 5.22. The first-order valence-electron chi connectivity index (χ1n) is 6.15. The number of amides is 1. The van der Waals surface area contributed by atoms with E-state index in [0.717, 1.165) is 0 Å². The van der Waals surface area contributed by atoms with Crippen LogP contribution < -0.4 is 0 Å². The third-order valence-electron chi connectivity index (χ3n) is 3.36. The monoisotopic (exact) mass is 345 g/mol. The Bertz CT molecular complexity index is 432. The summed E-state index contributed by atoms with van der Waals surface area (Å²) in [5.41, 5.74) is 0. The zero-order chi connectivity index (χ0) is 17.6. The molecule has 0 saturated carbocycles. The van der Waals surface area contributed by atoms with Gasteiger partial charge in [0.25, 0.3) is 5.91 Å². The maximum Gasteiger partial charge on any atom is 0.460 e. The fourth-order valence-electron chi connectivity index (χ4n) is 2.08. The molecule has 11 heteroatoms. The molecular weight excluding hydrogens is 333 g/mol. The number of carbonyl (C=O) groups excluding carboxylic acids is 1. The van der Waals surface area contributed by atoms with Crippen LogP contribution in [0.25, 0.3) is 0 Å². The maximum absolute atomic E-state index is 13.4. The molecule has 1 saturated heterocycles. The second kappa shape index (κ2) is 5.48. The summed E-state index contributed by atoms with van der Waals surface area (Å²) in [5.74, 6) is -23.2. The third-order valence-corrected chi connectivity index (χ3v) is 3.36. The first-order valence-corrected chi connectivity index (χ1v) is 6.15. The number of nitrogens with zero attached hydrogens (tertiary/aromatic N) is 1. The van der Waals surface area contributed by atoms with Crippen molar-refractivity contribution in [3.8, 4) is 0 Å². The topological polar surface area (TPSA) is 20.3 Å². The molecule has 0 bridgehead atoms. The Kier molecular flexibility index (Phi) is 4.71. The van der Waals surface area contributed by atoms with E-state index in [1.807, 2.05) is 0 Å². The lowest BCUT2D eigenvalue weighted by Gasteiger charge is -2.37. The van der Waals surface area contributed by atoms with Crippen LogP contribution in [0.3, 0.4) is 0 Å². The van der Waals surface area contributed by atoms with E-state index in [-0.39, 0.29) is 17.2 Å². The molecule has 0 radical (unpaired) electrons.